The highest BCUT2D eigenvalue weighted by Crippen LogP contribution is 2.42. The molecular weight excluding hydrogens is 378 g/mol. The van der Waals surface area contributed by atoms with Crippen LogP contribution >= 0.6 is 0 Å². The van der Waals surface area contributed by atoms with E-state index in [0.717, 1.165) is 11.1 Å². The minimum atomic E-state index is -0.692. The lowest BCUT2D eigenvalue weighted by molar-refractivity contribution is 0.0971. The summed E-state index contributed by atoms with van der Waals surface area (Å²) in [5.41, 5.74) is 3.90. The number of rotatable bonds is 2. The van der Waals surface area contributed by atoms with Crippen molar-refractivity contribution in [3.63, 3.8) is 0 Å². The molecule has 0 saturated carbocycles. The van der Waals surface area contributed by atoms with Gasteiger partial charge in [0.05, 0.1) is 17.0 Å². The largest absolute Gasteiger partial charge is 0.508 e. The van der Waals surface area contributed by atoms with Crippen LogP contribution in [0, 0.1) is 13.8 Å². The Balaban J connectivity index is 1.83. The average molecular weight is 397 g/mol. The number of fused-ring (bicyclic) bond motifs is 2. The number of hydrogen-bond acceptors (Lipinski definition) is 4. The van der Waals surface area contributed by atoms with Crippen molar-refractivity contribution < 1.29 is 14.3 Å². The maximum Gasteiger partial charge on any atom is 0.295 e. The van der Waals surface area contributed by atoms with Gasteiger partial charge in [0, 0.05) is 5.69 Å². The van der Waals surface area contributed by atoms with Crippen molar-refractivity contribution >= 4 is 22.6 Å². The van der Waals surface area contributed by atoms with E-state index < -0.39 is 6.04 Å². The van der Waals surface area contributed by atoms with Crippen LogP contribution in [0.3, 0.4) is 0 Å². The first-order valence-electron chi connectivity index (χ1n) is 9.71. The van der Waals surface area contributed by atoms with Gasteiger partial charge < -0.3 is 9.52 Å². The van der Waals surface area contributed by atoms with Crippen LogP contribution in [0.5, 0.6) is 5.75 Å². The van der Waals surface area contributed by atoms with E-state index in [1.165, 1.54) is 0 Å². The minimum absolute atomic E-state index is 0.0465. The molecule has 5 nitrogen and oxygen atoms in total. The van der Waals surface area contributed by atoms with E-state index in [-0.39, 0.29) is 22.8 Å². The van der Waals surface area contributed by atoms with Crippen LogP contribution < -0.4 is 10.3 Å². The van der Waals surface area contributed by atoms with Gasteiger partial charge in [-0.05, 0) is 66.9 Å². The molecular formula is C25H19NO4. The Hall–Kier alpha value is -3.86. The predicted octanol–water partition coefficient (Wildman–Crippen LogP) is 4.87. The van der Waals surface area contributed by atoms with Crippen molar-refractivity contribution in [2.24, 2.45) is 0 Å². The molecule has 0 radical (unpaired) electrons. The van der Waals surface area contributed by atoms with Gasteiger partial charge in [-0.1, -0.05) is 30.3 Å². The molecule has 0 saturated heterocycles. The third-order valence-corrected chi connectivity index (χ3v) is 5.73. The van der Waals surface area contributed by atoms with Gasteiger partial charge in [-0.15, -0.1) is 0 Å². The number of carbonyl (C=O) groups is 1. The number of carbonyl (C=O) groups excluding carboxylic acids is 1. The number of phenolic OH excluding ortho intramolecular Hbond substituents is 1. The normalized spacial score (nSPS) is 15.6. The van der Waals surface area contributed by atoms with Crippen molar-refractivity contribution in [2.75, 3.05) is 4.90 Å². The molecule has 5 heteroatoms. The summed E-state index contributed by atoms with van der Waals surface area (Å²) >= 11 is 0. The standard InChI is InChI=1S/C25H19NO4/c1-14-10-11-17(12-15(14)2)26-22(16-6-5-7-18(27)13-16)21-23(28)19-8-3-4-9-20(19)30-24(21)25(26)29/h3-13,22,27H,1-2H3. The topological polar surface area (TPSA) is 70.8 Å². The summed E-state index contributed by atoms with van der Waals surface area (Å²) in [5, 5.41) is 10.5. The number of benzene rings is 3. The molecule has 2 heterocycles. The minimum Gasteiger partial charge on any atom is -0.508 e. The Bertz CT molecular complexity index is 1390. The maximum absolute atomic E-state index is 13.5. The van der Waals surface area contributed by atoms with Gasteiger partial charge in [0.15, 0.2) is 5.43 Å². The van der Waals surface area contributed by atoms with E-state index in [2.05, 4.69) is 0 Å². The number of aryl methyl sites for hydroxylation is 2. The summed E-state index contributed by atoms with van der Waals surface area (Å²) in [5.74, 6) is -0.256. The molecule has 1 unspecified atom stereocenters. The number of para-hydroxylation sites is 1. The lowest BCUT2D eigenvalue weighted by Crippen LogP contribution is -2.29. The van der Waals surface area contributed by atoms with Gasteiger partial charge in [-0.3, -0.25) is 14.5 Å². The van der Waals surface area contributed by atoms with Gasteiger partial charge in [-0.2, -0.15) is 0 Å². The van der Waals surface area contributed by atoms with Crippen molar-refractivity contribution in [2.45, 2.75) is 19.9 Å². The number of amides is 1. The highest BCUT2D eigenvalue weighted by Gasteiger charge is 2.43. The molecule has 1 amide bonds. The molecule has 1 atom stereocenters. The fourth-order valence-corrected chi connectivity index (χ4v) is 4.07. The van der Waals surface area contributed by atoms with Crippen molar-refractivity contribution in [1.29, 1.82) is 0 Å². The van der Waals surface area contributed by atoms with Crippen molar-refractivity contribution in [1.82, 2.24) is 0 Å². The number of anilines is 1. The Morgan fingerprint density at radius 3 is 2.47 bits per heavy atom. The number of nitrogens with zero attached hydrogens (tertiary/aromatic N) is 1. The molecule has 148 valence electrons. The molecule has 1 aliphatic heterocycles. The molecule has 1 aromatic heterocycles. The van der Waals surface area contributed by atoms with Crippen LogP contribution in [0.1, 0.15) is 38.9 Å². The monoisotopic (exact) mass is 397 g/mol. The highest BCUT2D eigenvalue weighted by atomic mass is 16.3. The van der Waals surface area contributed by atoms with Gasteiger partial charge in [0.25, 0.3) is 5.91 Å². The number of phenols is 1. The molecule has 1 N–H and O–H groups in total. The Labute approximate surface area is 172 Å². The van der Waals surface area contributed by atoms with Crippen LogP contribution in [-0.4, -0.2) is 11.0 Å². The molecule has 0 aliphatic carbocycles. The highest BCUT2D eigenvalue weighted by molar-refractivity contribution is 6.10. The quantitative estimate of drug-likeness (QED) is 0.524. The van der Waals surface area contributed by atoms with E-state index in [1.54, 1.807) is 53.4 Å². The first-order valence-corrected chi connectivity index (χ1v) is 9.71. The summed E-state index contributed by atoms with van der Waals surface area (Å²) < 4.78 is 5.93. The first kappa shape index (κ1) is 18.2. The fraction of sp³-hybridized carbons (Fsp3) is 0.120. The first-order chi connectivity index (χ1) is 14.5. The Morgan fingerprint density at radius 2 is 1.70 bits per heavy atom. The maximum atomic E-state index is 13.5. The van der Waals surface area contributed by atoms with Crippen LogP contribution in [0.15, 0.2) is 75.9 Å². The second-order valence-corrected chi connectivity index (χ2v) is 7.61. The fourth-order valence-electron chi connectivity index (χ4n) is 4.07. The van der Waals surface area contributed by atoms with Crippen molar-refractivity contribution in [3.8, 4) is 5.75 Å². The third-order valence-electron chi connectivity index (χ3n) is 5.73. The molecule has 0 fully saturated rings. The van der Waals surface area contributed by atoms with E-state index in [9.17, 15) is 14.7 Å². The zero-order valence-electron chi connectivity index (χ0n) is 16.5. The zero-order valence-corrected chi connectivity index (χ0v) is 16.5. The number of aromatic hydroxyl groups is 1. The molecule has 30 heavy (non-hydrogen) atoms. The SMILES string of the molecule is Cc1ccc(N2C(=O)c3oc4ccccc4c(=O)c3C2c2cccc(O)c2)cc1C. The van der Waals surface area contributed by atoms with Crippen LogP contribution in [-0.2, 0) is 0 Å². The van der Waals surface area contributed by atoms with E-state index in [4.69, 9.17) is 4.42 Å². The Kier molecular flexibility index (Phi) is 4.00. The molecule has 3 aromatic carbocycles. The molecule has 4 aromatic rings. The third kappa shape index (κ3) is 2.63. The van der Waals surface area contributed by atoms with Gasteiger partial charge in [-0.25, -0.2) is 0 Å². The van der Waals surface area contributed by atoms with E-state index in [0.29, 0.717) is 27.8 Å². The van der Waals surface area contributed by atoms with Gasteiger partial charge in [0.2, 0.25) is 5.76 Å². The number of hydrogen-bond donors (Lipinski definition) is 1. The van der Waals surface area contributed by atoms with E-state index >= 15 is 0 Å². The summed E-state index contributed by atoms with van der Waals surface area (Å²) in [7, 11) is 0. The van der Waals surface area contributed by atoms with Crippen LogP contribution in [0.4, 0.5) is 5.69 Å². The molecule has 0 spiro atoms. The Morgan fingerprint density at radius 1 is 0.900 bits per heavy atom. The van der Waals surface area contributed by atoms with Gasteiger partial charge >= 0.3 is 0 Å². The lowest BCUT2D eigenvalue weighted by Gasteiger charge is -2.26. The van der Waals surface area contributed by atoms with Crippen LogP contribution in [0.25, 0.3) is 11.0 Å². The second kappa shape index (κ2) is 6.59. The van der Waals surface area contributed by atoms with Gasteiger partial charge in [0.1, 0.15) is 11.3 Å². The summed E-state index contributed by atoms with van der Waals surface area (Å²) in [6.45, 7) is 3.98. The molecule has 1 aliphatic rings. The van der Waals surface area contributed by atoms with E-state index in [1.807, 2.05) is 32.0 Å². The summed E-state index contributed by atoms with van der Waals surface area (Å²) in [6.07, 6.45) is 0. The smallest absolute Gasteiger partial charge is 0.295 e. The summed E-state index contributed by atoms with van der Waals surface area (Å²) in [4.78, 5) is 28.5. The predicted molar refractivity (Wildman–Crippen MR) is 115 cm³/mol. The average Bonchev–Trinajstić information content (AvgIpc) is 3.03. The van der Waals surface area contributed by atoms with Crippen LogP contribution in [0.2, 0.25) is 0 Å². The summed E-state index contributed by atoms with van der Waals surface area (Å²) in [6, 6.07) is 18.6. The molecule has 0 bridgehead atoms. The van der Waals surface area contributed by atoms with Crippen molar-refractivity contribution in [3.05, 3.63) is 105 Å². The molecule has 5 rings (SSSR count). The lowest BCUT2D eigenvalue weighted by atomic mass is 9.97. The zero-order chi connectivity index (χ0) is 21.0. The second-order valence-electron chi connectivity index (χ2n) is 7.61.